The van der Waals surface area contributed by atoms with Crippen molar-refractivity contribution < 1.29 is 10.3 Å². The van der Waals surface area contributed by atoms with Gasteiger partial charge in [0.2, 0.25) is 5.96 Å². The highest BCUT2D eigenvalue weighted by atomic mass is 127. The van der Waals surface area contributed by atoms with Crippen LogP contribution in [0, 0.1) is 7.14 Å². The normalized spacial score (nSPS) is 12.1. The zero-order chi connectivity index (χ0) is 12.1. The number of phenolic OH excluding ortho intramolecular Hbond substituents is 1. The molecule has 0 aliphatic heterocycles. The summed E-state index contributed by atoms with van der Waals surface area (Å²) in [7, 11) is 0. The smallest absolute Gasteiger partial charge is 0.237 e. The summed E-state index contributed by atoms with van der Waals surface area (Å²) in [6.07, 6.45) is 1.35. The number of benzene rings is 1. The van der Waals surface area contributed by atoms with Gasteiger partial charge < -0.3 is 10.8 Å². The van der Waals surface area contributed by atoms with Crippen molar-refractivity contribution in [3.63, 3.8) is 0 Å². The molecule has 0 fully saturated rings. The zero-order valence-electron chi connectivity index (χ0n) is 7.85. The molecule has 0 bridgehead atoms. The standard InChI is InChI=1S/C8H8I2N4O2/c9-5-1-4(7(15)6(10)2-5)3-12-13-8(11)14-16/h1-3,15-16H,(H3,11,13,14). The number of phenols is 1. The van der Waals surface area contributed by atoms with E-state index in [0.717, 1.165) is 7.14 Å². The summed E-state index contributed by atoms with van der Waals surface area (Å²) in [6, 6.07) is 3.58. The van der Waals surface area contributed by atoms with Crippen molar-refractivity contribution in [1.82, 2.24) is 5.48 Å². The summed E-state index contributed by atoms with van der Waals surface area (Å²) >= 11 is 4.15. The molecule has 1 rings (SSSR count). The third-order valence-electron chi connectivity index (χ3n) is 1.53. The first-order valence-corrected chi connectivity index (χ1v) is 6.15. The maximum atomic E-state index is 9.70. The third kappa shape index (κ3) is 3.75. The van der Waals surface area contributed by atoms with Gasteiger partial charge in [0.25, 0.3) is 0 Å². The van der Waals surface area contributed by atoms with E-state index in [9.17, 15) is 5.11 Å². The Morgan fingerprint density at radius 2 is 2.12 bits per heavy atom. The fourth-order valence-electron chi connectivity index (χ4n) is 0.860. The molecule has 0 amide bonds. The Labute approximate surface area is 119 Å². The Kier molecular flexibility index (Phi) is 5.21. The number of nitrogens with zero attached hydrogens (tertiary/aromatic N) is 2. The van der Waals surface area contributed by atoms with E-state index in [1.165, 1.54) is 6.21 Å². The van der Waals surface area contributed by atoms with Crippen molar-refractivity contribution in [2.45, 2.75) is 0 Å². The molecule has 8 heteroatoms. The Morgan fingerprint density at radius 1 is 1.44 bits per heavy atom. The van der Waals surface area contributed by atoms with Crippen LogP contribution < -0.4 is 11.2 Å². The van der Waals surface area contributed by atoms with Crippen LogP contribution in [0.2, 0.25) is 0 Å². The molecule has 1 aromatic rings. The SMILES string of the molecule is N/C(=N\N=Cc1cc(I)cc(I)c1O)NO. The Hall–Kier alpha value is -0.620. The molecule has 6 nitrogen and oxygen atoms in total. The zero-order valence-corrected chi connectivity index (χ0v) is 12.2. The molecule has 0 saturated carbocycles. The average molecular weight is 446 g/mol. The number of halogens is 2. The number of nitrogens with one attached hydrogen (secondary N) is 1. The summed E-state index contributed by atoms with van der Waals surface area (Å²) in [5.74, 6) is -0.0911. The van der Waals surface area contributed by atoms with Crippen LogP contribution in [0.1, 0.15) is 5.56 Å². The minimum Gasteiger partial charge on any atom is -0.506 e. The average Bonchev–Trinajstić information content (AvgIpc) is 2.24. The molecule has 0 spiro atoms. The second-order valence-electron chi connectivity index (χ2n) is 2.67. The van der Waals surface area contributed by atoms with Crippen LogP contribution in [0.3, 0.4) is 0 Å². The van der Waals surface area contributed by atoms with E-state index in [-0.39, 0.29) is 11.7 Å². The van der Waals surface area contributed by atoms with Gasteiger partial charge in [-0.3, -0.25) is 5.21 Å². The molecule has 0 heterocycles. The van der Waals surface area contributed by atoms with Crippen LogP contribution in [0.4, 0.5) is 0 Å². The van der Waals surface area contributed by atoms with Crippen LogP contribution in [0.5, 0.6) is 5.75 Å². The molecule has 0 saturated heterocycles. The number of rotatable bonds is 2. The summed E-state index contributed by atoms with van der Waals surface area (Å²) in [4.78, 5) is 0. The molecule has 0 atom stereocenters. The maximum absolute atomic E-state index is 9.70. The second kappa shape index (κ2) is 6.20. The quantitative estimate of drug-likeness (QED) is 0.238. The number of guanidine groups is 1. The molecule has 16 heavy (non-hydrogen) atoms. The predicted molar refractivity (Wildman–Crippen MR) is 77.7 cm³/mol. The van der Waals surface area contributed by atoms with Crippen LogP contribution in [0.15, 0.2) is 22.3 Å². The Bertz CT molecular complexity index is 448. The first-order chi connectivity index (χ1) is 7.54. The third-order valence-corrected chi connectivity index (χ3v) is 2.98. The highest BCUT2D eigenvalue weighted by Crippen LogP contribution is 2.25. The molecule has 0 aliphatic rings. The lowest BCUT2D eigenvalue weighted by atomic mass is 10.2. The van der Waals surface area contributed by atoms with Crippen LogP contribution in [-0.4, -0.2) is 22.5 Å². The number of nitrogens with two attached hydrogens (primary N) is 1. The minimum absolute atomic E-state index is 0.135. The van der Waals surface area contributed by atoms with Gasteiger partial charge in [-0.25, -0.2) is 5.48 Å². The van der Waals surface area contributed by atoms with Crippen molar-refractivity contribution in [2.75, 3.05) is 0 Å². The van der Waals surface area contributed by atoms with Gasteiger partial charge in [-0.1, -0.05) is 0 Å². The Balaban J connectivity index is 2.97. The van der Waals surface area contributed by atoms with E-state index in [2.05, 4.69) is 32.8 Å². The van der Waals surface area contributed by atoms with Gasteiger partial charge in [0, 0.05) is 9.13 Å². The lowest BCUT2D eigenvalue weighted by Crippen LogP contribution is -2.27. The topological polar surface area (TPSA) is 103 Å². The van der Waals surface area contributed by atoms with Crippen molar-refractivity contribution in [3.05, 3.63) is 24.8 Å². The molecule has 86 valence electrons. The fraction of sp³-hybridized carbons (Fsp3) is 0. The number of hydrogen-bond donors (Lipinski definition) is 4. The summed E-state index contributed by atoms with van der Waals surface area (Å²) in [5, 5.41) is 25.1. The van der Waals surface area contributed by atoms with Gasteiger partial charge >= 0.3 is 0 Å². The van der Waals surface area contributed by atoms with E-state index >= 15 is 0 Å². The maximum Gasteiger partial charge on any atom is 0.237 e. The molecule has 0 aromatic heterocycles. The summed E-state index contributed by atoms with van der Waals surface area (Å²) < 4.78 is 1.70. The number of hydrogen-bond acceptors (Lipinski definition) is 4. The number of hydroxylamine groups is 1. The fourth-order valence-corrected chi connectivity index (χ4v) is 2.75. The van der Waals surface area contributed by atoms with Crippen molar-refractivity contribution >= 4 is 57.4 Å². The highest BCUT2D eigenvalue weighted by Gasteiger charge is 2.04. The van der Waals surface area contributed by atoms with E-state index < -0.39 is 0 Å². The van der Waals surface area contributed by atoms with Crippen LogP contribution in [0.25, 0.3) is 0 Å². The van der Waals surface area contributed by atoms with E-state index in [0.29, 0.717) is 5.56 Å². The summed E-state index contributed by atoms with van der Waals surface area (Å²) in [6.45, 7) is 0. The van der Waals surface area contributed by atoms with Gasteiger partial charge in [0.05, 0.1) is 9.78 Å². The Morgan fingerprint density at radius 3 is 2.75 bits per heavy atom. The molecule has 0 aliphatic carbocycles. The second-order valence-corrected chi connectivity index (χ2v) is 5.07. The predicted octanol–water partition coefficient (Wildman–Crippen LogP) is 1.23. The molecule has 0 unspecified atom stereocenters. The highest BCUT2D eigenvalue weighted by molar-refractivity contribution is 14.1. The van der Waals surface area contributed by atoms with E-state index in [4.69, 9.17) is 10.9 Å². The molecule has 1 aromatic carbocycles. The van der Waals surface area contributed by atoms with Crippen LogP contribution in [-0.2, 0) is 0 Å². The lowest BCUT2D eigenvalue weighted by molar-refractivity contribution is 0.232. The molecular weight excluding hydrogens is 438 g/mol. The summed E-state index contributed by atoms with van der Waals surface area (Å²) in [5.41, 5.74) is 7.31. The van der Waals surface area contributed by atoms with E-state index in [1.807, 2.05) is 28.7 Å². The lowest BCUT2D eigenvalue weighted by Gasteiger charge is -2.01. The van der Waals surface area contributed by atoms with Crippen molar-refractivity contribution in [2.24, 2.45) is 15.9 Å². The van der Waals surface area contributed by atoms with Gasteiger partial charge in [-0.05, 0) is 57.3 Å². The van der Waals surface area contributed by atoms with E-state index in [1.54, 1.807) is 11.5 Å². The first-order valence-electron chi connectivity index (χ1n) is 3.99. The number of aromatic hydroxyl groups is 1. The monoisotopic (exact) mass is 446 g/mol. The molecular formula is C8H8I2N4O2. The van der Waals surface area contributed by atoms with Gasteiger partial charge in [0.15, 0.2) is 0 Å². The van der Waals surface area contributed by atoms with Crippen molar-refractivity contribution in [1.29, 1.82) is 0 Å². The van der Waals surface area contributed by atoms with Gasteiger partial charge in [-0.15, -0.1) is 5.10 Å². The molecule has 0 radical (unpaired) electrons. The van der Waals surface area contributed by atoms with Gasteiger partial charge in [-0.2, -0.15) is 5.10 Å². The minimum atomic E-state index is -0.226. The first kappa shape index (κ1) is 13.4. The van der Waals surface area contributed by atoms with Crippen LogP contribution >= 0.6 is 45.2 Å². The van der Waals surface area contributed by atoms with Crippen molar-refractivity contribution in [3.8, 4) is 5.75 Å². The van der Waals surface area contributed by atoms with Gasteiger partial charge in [0.1, 0.15) is 5.75 Å². The molecule has 5 N–H and O–H groups in total. The largest absolute Gasteiger partial charge is 0.506 e.